The second kappa shape index (κ2) is 11.7. The zero-order valence-electron chi connectivity index (χ0n) is 20.2. The number of hydrogen-bond acceptors (Lipinski definition) is 5. The Morgan fingerprint density at radius 3 is 2.34 bits per heavy atom. The van der Waals surface area contributed by atoms with Gasteiger partial charge < -0.3 is 9.64 Å². The van der Waals surface area contributed by atoms with Crippen molar-refractivity contribution >= 4 is 17.6 Å². The lowest BCUT2D eigenvalue weighted by atomic mass is 9.87. The van der Waals surface area contributed by atoms with E-state index in [1.165, 1.54) is 24.3 Å². The maximum atomic E-state index is 14.3. The molecule has 2 heterocycles. The van der Waals surface area contributed by atoms with E-state index >= 15 is 0 Å². The molecular weight excluding hydrogens is 452 g/mol. The number of fused-ring (bicyclic) bond motifs is 1. The third kappa shape index (κ3) is 6.44. The summed E-state index contributed by atoms with van der Waals surface area (Å²) in [5.74, 6) is -0.916. The molecule has 0 bridgehead atoms. The van der Waals surface area contributed by atoms with Gasteiger partial charge in [0.2, 0.25) is 5.91 Å². The lowest BCUT2D eigenvalue weighted by Gasteiger charge is -2.35. The Labute approximate surface area is 205 Å². The van der Waals surface area contributed by atoms with Crippen molar-refractivity contribution in [3.05, 3.63) is 65.2 Å². The zero-order chi connectivity index (χ0) is 24.8. The van der Waals surface area contributed by atoms with E-state index in [2.05, 4.69) is 9.80 Å². The SMILES string of the molecule is CCC(=O)OCCN1CCN(CC(=O)N2CCCC(c3ccc(F)cc3)c3ccc(F)cc32)CC1. The van der Waals surface area contributed by atoms with E-state index < -0.39 is 0 Å². The number of carbonyl (C=O) groups is 2. The second-order valence-corrected chi connectivity index (χ2v) is 9.19. The van der Waals surface area contributed by atoms with Gasteiger partial charge in [-0.05, 0) is 48.2 Å². The molecule has 0 N–H and O–H groups in total. The molecule has 0 aromatic heterocycles. The molecule has 1 saturated heterocycles. The maximum Gasteiger partial charge on any atom is 0.305 e. The van der Waals surface area contributed by atoms with Gasteiger partial charge in [-0.1, -0.05) is 25.1 Å². The predicted octanol–water partition coefficient (Wildman–Crippen LogP) is 3.79. The minimum absolute atomic E-state index is 0.0191. The number of esters is 1. The number of benzene rings is 2. The normalized spacial score (nSPS) is 19.2. The molecule has 2 aliphatic heterocycles. The van der Waals surface area contributed by atoms with Gasteiger partial charge >= 0.3 is 5.97 Å². The number of carbonyl (C=O) groups excluding carboxylic acids is 2. The lowest BCUT2D eigenvalue weighted by molar-refractivity contribution is -0.143. The standard InChI is InChI=1S/C27H33F2N3O3/c1-2-27(34)35-17-16-30-12-14-31(15-13-30)19-26(33)32-11-3-4-23(20-5-7-21(28)8-6-20)24-10-9-22(29)18-25(24)32/h5-10,18,23H,2-4,11-17,19H2,1H3. The maximum absolute atomic E-state index is 14.3. The van der Waals surface area contributed by atoms with Crippen molar-refractivity contribution in [2.75, 3.05) is 57.3 Å². The van der Waals surface area contributed by atoms with Crippen LogP contribution >= 0.6 is 0 Å². The summed E-state index contributed by atoms with van der Waals surface area (Å²) in [6.07, 6.45) is 1.95. The van der Waals surface area contributed by atoms with Crippen LogP contribution in [-0.4, -0.2) is 74.1 Å². The molecular formula is C27H33F2N3O3. The summed E-state index contributed by atoms with van der Waals surface area (Å²) in [6.45, 7) is 6.74. The molecule has 1 unspecified atom stereocenters. The van der Waals surface area contributed by atoms with Gasteiger partial charge in [-0.3, -0.25) is 19.4 Å². The molecule has 0 saturated carbocycles. The highest BCUT2D eigenvalue weighted by Crippen LogP contribution is 2.39. The lowest BCUT2D eigenvalue weighted by Crippen LogP contribution is -2.50. The smallest absolute Gasteiger partial charge is 0.305 e. The molecule has 1 atom stereocenters. The van der Waals surface area contributed by atoms with Gasteiger partial charge in [0.05, 0.1) is 12.2 Å². The first-order valence-electron chi connectivity index (χ1n) is 12.4. The molecule has 1 amide bonds. The minimum atomic E-state index is -0.376. The van der Waals surface area contributed by atoms with Crippen molar-refractivity contribution in [2.45, 2.75) is 32.1 Å². The van der Waals surface area contributed by atoms with Crippen LogP contribution in [0.15, 0.2) is 42.5 Å². The quantitative estimate of drug-likeness (QED) is 0.559. The van der Waals surface area contributed by atoms with E-state index in [1.54, 1.807) is 30.0 Å². The molecule has 2 aromatic carbocycles. The Morgan fingerprint density at radius 2 is 1.63 bits per heavy atom. The van der Waals surface area contributed by atoms with Gasteiger partial charge in [0.1, 0.15) is 18.2 Å². The highest BCUT2D eigenvalue weighted by Gasteiger charge is 2.29. The van der Waals surface area contributed by atoms with Crippen molar-refractivity contribution in [1.29, 1.82) is 0 Å². The average Bonchev–Trinajstić information content (AvgIpc) is 3.05. The van der Waals surface area contributed by atoms with E-state index in [4.69, 9.17) is 4.74 Å². The highest BCUT2D eigenvalue weighted by atomic mass is 19.1. The fraction of sp³-hybridized carbons (Fsp3) is 0.481. The van der Waals surface area contributed by atoms with Crippen LogP contribution in [0.5, 0.6) is 0 Å². The third-order valence-electron chi connectivity index (χ3n) is 6.89. The molecule has 6 nitrogen and oxygen atoms in total. The molecule has 0 spiro atoms. The number of ether oxygens (including phenoxy) is 1. The molecule has 35 heavy (non-hydrogen) atoms. The highest BCUT2D eigenvalue weighted by molar-refractivity contribution is 5.96. The Morgan fingerprint density at radius 1 is 0.943 bits per heavy atom. The minimum Gasteiger partial charge on any atom is -0.464 e. The van der Waals surface area contributed by atoms with Gasteiger partial charge in [0, 0.05) is 51.6 Å². The summed E-state index contributed by atoms with van der Waals surface area (Å²) in [6, 6.07) is 11.1. The van der Waals surface area contributed by atoms with Crippen molar-refractivity contribution in [3.8, 4) is 0 Å². The molecule has 2 aliphatic rings. The van der Waals surface area contributed by atoms with Crippen LogP contribution in [0.2, 0.25) is 0 Å². The van der Waals surface area contributed by atoms with Crippen molar-refractivity contribution < 1.29 is 23.1 Å². The van der Waals surface area contributed by atoms with Crippen molar-refractivity contribution in [2.24, 2.45) is 0 Å². The fourth-order valence-corrected chi connectivity index (χ4v) is 4.91. The van der Waals surface area contributed by atoms with E-state index in [0.717, 1.165) is 50.1 Å². The number of nitrogens with zero attached hydrogens (tertiary/aromatic N) is 3. The molecule has 0 aliphatic carbocycles. The summed E-state index contributed by atoms with van der Waals surface area (Å²) >= 11 is 0. The van der Waals surface area contributed by atoms with Crippen LogP contribution in [0.1, 0.15) is 43.2 Å². The summed E-state index contributed by atoms with van der Waals surface area (Å²) in [5, 5.41) is 0. The number of anilines is 1. The average molecular weight is 486 g/mol. The summed E-state index contributed by atoms with van der Waals surface area (Å²) in [7, 11) is 0. The van der Waals surface area contributed by atoms with Gasteiger partial charge in [0.25, 0.3) is 0 Å². The molecule has 188 valence electrons. The third-order valence-corrected chi connectivity index (χ3v) is 6.89. The molecule has 0 radical (unpaired) electrons. The predicted molar refractivity (Wildman–Crippen MR) is 130 cm³/mol. The van der Waals surface area contributed by atoms with Gasteiger partial charge in [-0.2, -0.15) is 0 Å². The molecule has 1 fully saturated rings. The fourth-order valence-electron chi connectivity index (χ4n) is 4.91. The van der Waals surface area contributed by atoms with Crippen molar-refractivity contribution in [3.63, 3.8) is 0 Å². The molecule has 8 heteroatoms. The van der Waals surface area contributed by atoms with Crippen LogP contribution in [0.3, 0.4) is 0 Å². The van der Waals surface area contributed by atoms with Crippen LogP contribution < -0.4 is 4.90 Å². The van der Waals surface area contributed by atoms with Gasteiger partial charge in [-0.25, -0.2) is 8.78 Å². The topological polar surface area (TPSA) is 53.1 Å². The van der Waals surface area contributed by atoms with Crippen LogP contribution in [0, 0.1) is 11.6 Å². The van der Waals surface area contributed by atoms with Crippen LogP contribution in [0.25, 0.3) is 0 Å². The largest absolute Gasteiger partial charge is 0.464 e. The monoisotopic (exact) mass is 485 g/mol. The number of amides is 1. The first-order chi connectivity index (χ1) is 16.9. The van der Waals surface area contributed by atoms with Crippen LogP contribution in [-0.2, 0) is 14.3 Å². The van der Waals surface area contributed by atoms with Gasteiger partial charge in [-0.15, -0.1) is 0 Å². The summed E-state index contributed by atoms with van der Waals surface area (Å²) in [5.41, 5.74) is 2.47. The Hall–Kier alpha value is -2.84. The Bertz CT molecular complexity index is 1020. The van der Waals surface area contributed by atoms with Crippen molar-refractivity contribution in [1.82, 2.24) is 9.80 Å². The number of rotatable bonds is 7. The van der Waals surface area contributed by atoms with E-state index in [9.17, 15) is 18.4 Å². The second-order valence-electron chi connectivity index (χ2n) is 9.19. The first kappa shape index (κ1) is 25.3. The summed E-state index contributed by atoms with van der Waals surface area (Å²) in [4.78, 5) is 30.8. The molecule has 4 rings (SSSR count). The summed E-state index contributed by atoms with van der Waals surface area (Å²) < 4.78 is 32.9. The van der Waals surface area contributed by atoms with E-state index in [-0.39, 0.29) is 36.0 Å². The Kier molecular flexibility index (Phi) is 8.46. The number of hydrogen-bond donors (Lipinski definition) is 0. The van der Waals surface area contributed by atoms with E-state index in [0.29, 0.717) is 31.8 Å². The first-order valence-corrected chi connectivity index (χ1v) is 12.4. The molecule has 2 aromatic rings. The Balaban J connectivity index is 1.40. The number of piperazine rings is 1. The zero-order valence-corrected chi connectivity index (χ0v) is 20.2. The number of halogens is 2. The van der Waals surface area contributed by atoms with Crippen LogP contribution in [0.4, 0.5) is 14.5 Å². The van der Waals surface area contributed by atoms with E-state index in [1.807, 2.05) is 0 Å². The van der Waals surface area contributed by atoms with Gasteiger partial charge in [0.15, 0.2) is 0 Å².